The Balaban J connectivity index is 1.61. The quantitative estimate of drug-likeness (QED) is 0.182. The van der Waals surface area contributed by atoms with E-state index in [4.69, 9.17) is 37.4 Å². The lowest BCUT2D eigenvalue weighted by Crippen LogP contribution is -2.24. The van der Waals surface area contributed by atoms with Gasteiger partial charge in [-0.25, -0.2) is 10.2 Å². The highest BCUT2D eigenvalue weighted by Crippen LogP contribution is 2.30. The standard InChI is InChI=1S/C25H22Cl2N2O5/c1-3-32-23-12-17(14-28-29-24(30)15-33-19-8-4-16(2)5-9-19)6-11-22(23)34-25(31)20-10-7-18(26)13-21(20)27/h4-14H,3,15H2,1-2H3,(H,29,30)/b28-14-. The highest BCUT2D eigenvalue weighted by atomic mass is 35.5. The third-order valence-electron chi connectivity index (χ3n) is 4.42. The number of hydrogen-bond donors (Lipinski definition) is 1. The molecule has 3 aromatic rings. The Kier molecular flexibility index (Phi) is 8.90. The van der Waals surface area contributed by atoms with Gasteiger partial charge in [-0.2, -0.15) is 5.10 Å². The maximum Gasteiger partial charge on any atom is 0.345 e. The first kappa shape index (κ1) is 25.1. The molecule has 1 amide bonds. The number of nitrogens with zero attached hydrogens (tertiary/aromatic N) is 1. The number of benzene rings is 3. The molecule has 0 aromatic heterocycles. The summed E-state index contributed by atoms with van der Waals surface area (Å²) in [5.74, 6) is 0.0812. The molecule has 9 heteroatoms. The molecule has 7 nitrogen and oxygen atoms in total. The van der Waals surface area contributed by atoms with Crippen molar-refractivity contribution in [1.82, 2.24) is 5.43 Å². The summed E-state index contributed by atoms with van der Waals surface area (Å²) in [6.45, 7) is 3.94. The molecule has 0 aliphatic rings. The smallest absolute Gasteiger partial charge is 0.345 e. The average Bonchev–Trinajstić information content (AvgIpc) is 2.80. The molecule has 3 aromatic carbocycles. The second-order valence-electron chi connectivity index (χ2n) is 7.05. The Labute approximate surface area is 207 Å². The lowest BCUT2D eigenvalue weighted by Gasteiger charge is -2.12. The number of amides is 1. The van der Waals surface area contributed by atoms with Crippen LogP contribution < -0.4 is 19.6 Å². The maximum absolute atomic E-state index is 12.5. The summed E-state index contributed by atoms with van der Waals surface area (Å²) in [6.07, 6.45) is 1.44. The Morgan fingerprint density at radius 3 is 2.44 bits per heavy atom. The Bertz CT molecular complexity index is 1200. The van der Waals surface area contributed by atoms with E-state index in [0.717, 1.165) is 5.56 Å². The number of aryl methyl sites for hydroxylation is 1. The van der Waals surface area contributed by atoms with E-state index in [9.17, 15) is 9.59 Å². The maximum atomic E-state index is 12.5. The van der Waals surface area contributed by atoms with E-state index in [1.54, 1.807) is 43.3 Å². The number of hydrazone groups is 1. The van der Waals surface area contributed by atoms with Crippen LogP contribution in [0.25, 0.3) is 0 Å². The van der Waals surface area contributed by atoms with Crippen molar-refractivity contribution in [2.75, 3.05) is 13.2 Å². The van der Waals surface area contributed by atoms with Crippen molar-refractivity contribution in [3.63, 3.8) is 0 Å². The van der Waals surface area contributed by atoms with Gasteiger partial charge >= 0.3 is 5.97 Å². The summed E-state index contributed by atoms with van der Waals surface area (Å²) in [6, 6.07) is 16.7. The minimum Gasteiger partial charge on any atom is -0.490 e. The summed E-state index contributed by atoms with van der Waals surface area (Å²) in [5.41, 5.74) is 4.29. The van der Waals surface area contributed by atoms with Crippen LogP contribution in [0.4, 0.5) is 0 Å². The van der Waals surface area contributed by atoms with Gasteiger partial charge in [0.25, 0.3) is 5.91 Å². The van der Waals surface area contributed by atoms with Crippen LogP contribution >= 0.6 is 23.2 Å². The summed E-state index contributed by atoms with van der Waals surface area (Å²) < 4.78 is 16.5. The van der Waals surface area contributed by atoms with Crippen molar-refractivity contribution >= 4 is 41.3 Å². The number of carbonyl (C=O) groups excluding carboxylic acids is 2. The molecule has 1 N–H and O–H groups in total. The third kappa shape index (κ3) is 7.23. The molecule has 0 unspecified atom stereocenters. The topological polar surface area (TPSA) is 86.2 Å². The number of nitrogens with one attached hydrogen (secondary N) is 1. The largest absolute Gasteiger partial charge is 0.490 e. The molecule has 176 valence electrons. The molecule has 0 aliphatic carbocycles. The van der Waals surface area contributed by atoms with Gasteiger partial charge in [-0.05, 0) is 67.9 Å². The van der Waals surface area contributed by atoms with Crippen LogP contribution in [0.1, 0.15) is 28.4 Å². The van der Waals surface area contributed by atoms with E-state index in [1.165, 1.54) is 18.3 Å². The van der Waals surface area contributed by atoms with Crippen LogP contribution in [0.5, 0.6) is 17.2 Å². The first-order valence-electron chi connectivity index (χ1n) is 10.3. The van der Waals surface area contributed by atoms with Gasteiger partial charge in [0, 0.05) is 5.02 Å². The fourth-order valence-electron chi connectivity index (χ4n) is 2.76. The normalized spacial score (nSPS) is 10.7. The van der Waals surface area contributed by atoms with Gasteiger partial charge in [0.15, 0.2) is 18.1 Å². The van der Waals surface area contributed by atoms with E-state index in [1.807, 2.05) is 19.1 Å². The lowest BCUT2D eigenvalue weighted by atomic mass is 10.2. The summed E-state index contributed by atoms with van der Waals surface area (Å²) in [7, 11) is 0. The van der Waals surface area contributed by atoms with Crippen molar-refractivity contribution in [3.05, 3.63) is 87.4 Å². The van der Waals surface area contributed by atoms with Gasteiger partial charge in [-0.3, -0.25) is 4.79 Å². The van der Waals surface area contributed by atoms with Gasteiger partial charge in [0.1, 0.15) is 5.75 Å². The first-order chi connectivity index (χ1) is 16.4. The Hall–Kier alpha value is -3.55. The molecule has 0 fully saturated rings. The minimum absolute atomic E-state index is 0.174. The number of ether oxygens (including phenoxy) is 3. The van der Waals surface area contributed by atoms with Crippen LogP contribution in [0.3, 0.4) is 0 Å². The highest BCUT2D eigenvalue weighted by molar-refractivity contribution is 6.36. The predicted molar refractivity (Wildman–Crippen MR) is 131 cm³/mol. The molecular weight excluding hydrogens is 479 g/mol. The lowest BCUT2D eigenvalue weighted by molar-refractivity contribution is -0.123. The van der Waals surface area contributed by atoms with Gasteiger partial charge in [0.2, 0.25) is 0 Å². The molecule has 0 aliphatic heterocycles. The number of rotatable bonds is 9. The zero-order valence-electron chi connectivity index (χ0n) is 18.5. The van der Waals surface area contributed by atoms with Crippen molar-refractivity contribution in [2.45, 2.75) is 13.8 Å². The summed E-state index contributed by atoms with van der Waals surface area (Å²) >= 11 is 12.0. The van der Waals surface area contributed by atoms with Crippen molar-refractivity contribution < 1.29 is 23.8 Å². The fourth-order valence-corrected chi connectivity index (χ4v) is 3.25. The van der Waals surface area contributed by atoms with Gasteiger partial charge < -0.3 is 14.2 Å². The number of hydrogen-bond acceptors (Lipinski definition) is 6. The molecule has 3 rings (SSSR count). The van der Waals surface area contributed by atoms with E-state index in [0.29, 0.717) is 28.7 Å². The molecular formula is C25H22Cl2N2O5. The van der Waals surface area contributed by atoms with Crippen molar-refractivity contribution in [2.24, 2.45) is 5.10 Å². The fraction of sp³-hybridized carbons (Fsp3) is 0.160. The van der Waals surface area contributed by atoms with Crippen LogP contribution in [-0.2, 0) is 4.79 Å². The van der Waals surface area contributed by atoms with E-state index in [2.05, 4.69) is 10.5 Å². The van der Waals surface area contributed by atoms with E-state index >= 15 is 0 Å². The summed E-state index contributed by atoms with van der Waals surface area (Å²) in [4.78, 5) is 24.5. The van der Waals surface area contributed by atoms with Gasteiger partial charge in [0.05, 0.1) is 23.4 Å². The molecule has 0 radical (unpaired) electrons. The average molecular weight is 501 g/mol. The first-order valence-corrected chi connectivity index (χ1v) is 11.1. The minimum atomic E-state index is -0.648. The van der Waals surface area contributed by atoms with Gasteiger partial charge in [-0.1, -0.05) is 40.9 Å². The molecule has 0 saturated carbocycles. The van der Waals surface area contributed by atoms with Crippen LogP contribution in [0.15, 0.2) is 65.8 Å². The van der Waals surface area contributed by atoms with Crippen LogP contribution in [0, 0.1) is 6.92 Å². The van der Waals surface area contributed by atoms with Crippen LogP contribution in [0.2, 0.25) is 10.0 Å². The second kappa shape index (κ2) is 12.1. The zero-order chi connectivity index (χ0) is 24.5. The molecule has 0 bridgehead atoms. The second-order valence-corrected chi connectivity index (χ2v) is 7.89. The summed E-state index contributed by atoms with van der Waals surface area (Å²) in [5, 5.41) is 4.52. The number of carbonyl (C=O) groups is 2. The van der Waals surface area contributed by atoms with Crippen molar-refractivity contribution in [3.8, 4) is 17.2 Å². The molecule has 0 spiro atoms. The molecule has 34 heavy (non-hydrogen) atoms. The highest BCUT2D eigenvalue weighted by Gasteiger charge is 2.16. The third-order valence-corrected chi connectivity index (χ3v) is 4.96. The predicted octanol–water partition coefficient (Wildman–Crippen LogP) is 5.45. The zero-order valence-corrected chi connectivity index (χ0v) is 20.0. The Morgan fingerprint density at radius 2 is 1.74 bits per heavy atom. The van der Waals surface area contributed by atoms with E-state index in [-0.39, 0.29) is 22.9 Å². The SMILES string of the molecule is CCOc1cc(/C=N\NC(=O)COc2ccc(C)cc2)ccc1OC(=O)c1ccc(Cl)cc1Cl. The number of esters is 1. The number of halogens is 2. The van der Waals surface area contributed by atoms with Crippen LogP contribution in [-0.4, -0.2) is 31.3 Å². The van der Waals surface area contributed by atoms with E-state index < -0.39 is 11.9 Å². The molecule has 0 saturated heterocycles. The molecule has 0 atom stereocenters. The molecule has 0 heterocycles. The van der Waals surface area contributed by atoms with Gasteiger partial charge in [-0.15, -0.1) is 0 Å². The monoisotopic (exact) mass is 500 g/mol. The Morgan fingerprint density at radius 1 is 0.971 bits per heavy atom. The van der Waals surface area contributed by atoms with Crippen molar-refractivity contribution in [1.29, 1.82) is 0 Å².